The van der Waals surface area contributed by atoms with Gasteiger partial charge in [0, 0.05) is 12.1 Å². The Balaban J connectivity index is 0.00000225. The summed E-state index contributed by atoms with van der Waals surface area (Å²) < 4.78 is 0.882. The predicted octanol–water partition coefficient (Wildman–Crippen LogP) is 3.56. The third-order valence-corrected chi connectivity index (χ3v) is 3.85. The molecule has 0 spiro atoms. The maximum atomic E-state index is 9.77. The maximum absolute atomic E-state index is 9.77. The molecular weight excluding hydrogens is 336 g/mol. The molecule has 16 heavy (non-hydrogen) atoms. The molecule has 0 saturated carbocycles. The van der Waals surface area contributed by atoms with Crippen molar-refractivity contribution < 1.29 is 5.11 Å². The molecule has 92 valence electrons. The van der Waals surface area contributed by atoms with Crippen molar-refractivity contribution in [3.05, 3.63) is 26.8 Å². The molecule has 0 fully saturated rings. The van der Waals surface area contributed by atoms with Crippen LogP contribution < -0.4 is 5.73 Å². The van der Waals surface area contributed by atoms with Crippen molar-refractivity contribution >= 4 is 35.0 Å². The smallest absolute Gasteiger partial charge is 0.133 e. The van der Waals surface area contributed by atoms with Crippen LogP contribution >= 0.6 is 35.0 Å². The standard InChI is InChI=1S/C12H18INO.ClH/c1-4-12(2,3)9-5-8(7-14)11(15)10(13)6-9;/h5-6,15H,4,7,14H2,1-3H3;1H. The molecule has 0 aliphatic rings. The third kappa shape index (κ3) is 3.25. The number of benzene rings is 1. The largest absolute Gasteiger partial charge is 0.507 e. The molecular formula is C12H19ClINO. The van der Waals surface area contributed by atoms with Gasteiger partial charge in [0.05, 0.1) is 3.57 Å². The van der Waals surface area contributed by atoms with Crippen molar-refractivity contribution in [1.29, 1.82) is 0 Å². The van der Waals surface area contributed by atoms with E-state index in [-0.39, 0.29) is 17.8 Å². The molecule has 0 unspecified atom stereocenters. The number of hydrogen-bond acceptors (Lipinski definition) is 2. The van der Waals surface area contributed by atoms with E-state index in [0.717, 1.165) is 15.6 Å². The number of phenols is 1. The third-order valence-electron chi connectivity index (χ3n) is 3.03. The van der Waals surface area contributed by atoms with Crippen molar-refractivity contribution in [2.24, 2.45) is 5.73 Å². The number of aromatic hydroxyl groups is 1. The zero-order valence-electron chi connectivity index (χ0n) is 9.88. The number of phenolic OH excluding ortho intramolecular Hbond substituents is 1. The van der Waals surface area contributed by atoms with Gasteiger partial charge in [0.1, 0.15) is 5.75 Å². The van der Waals surface area contributed by atoms with E-state index < -0.39 is 0 Å². The van der Waals surface area contributed by atoms with Gasteiger partial charge in [-0.25, -0.2) is 0 Å². The highest BCUT2D eigenvalue weighted by atomic mass is 127. The molecule has 0 atom stereocenters. The van der Waals surface area contributed by atoms with Gasteiger partial charge in [0.2, 0.25) is 0 Å². The van der Waals surface area contributed by atoms with E-state index in [4.69, 9.17) is 5.73 Å². The van der Waals surface area contributed by atoms with Crippen LogP contribution in [-0.2, 0) is 12.0 Å². The lowest BCUT2D eigenvalue weighted by Crippen LogP contribution is -2.16. The molecule has 0 aliphatic heterocycles. The van der Waals surface area contributed by atoms with Gasteiger partial charge >= 0.3 is 0 Å². The Hall–Kier alpha value is -0.0000000000000000555. The molecule has 4 heteroatoms. The summed E-state index contributed by atoms with van der Waals surface area (Å²) in [5.74, 6) is 0.328. The molecule has 0 heterocycles. The van der Waals surface area contributed by atoms with Crippen molar-refractivity contribution in [3.63, 3.8) is 0 Å². The second-order valence-corrected chi connectivity index (χ2v) is 5.57. The number of rotatable bonds is 3. The quantitative estimate of drug-likeness (QED) is 0.814. The van der Waals surface area contributed by atoms with E-state index in [0.29, 0.717) is 12.3 Å². The monoisotopic (exact) mass is 355 g/mol. The summed E-state index contributed by atoms with van der Waals surface area (Å²) in [6.07, 6.45) is 1.07. The van der Waals surface area contributed by atoms with Crippen molar-refractivity contribution in [3.8, 4) is 5.75 Å². The predicted molar refractivity (Wildman–Crippen MR) is 79.3 cm³/mol. The number of nitrogens with two attached hydrogens (primary N) is 1. The fourth-order valence-electron chi connectivity index (χ4n) is 1.41. The molecule has 0 radical (unpaired) electrons. The molecule has 2 nitrogen and oxygen atoms in total. The number of halogens is 2. The molecule has 1 rings (SSSR count). The Kier molecular flexibility index (Phi) is 6.07. The average Bonchev–Trinajstić information content (AvgIpc) is 2.21. The normalized spacial score (nSPS) is 11.1. The van der Waals surface area contributed by atoms with Crippen LogP contribution in [0.25, 0.3) is 0 Å². The fraction of sp³-hybridized carbons (Fsp3) is 0.500. The summed E-state index contributed by atoms with van der Waals surface area (Å²) in [6.45, 7) is 6.96. The SMILES string of the molecule is CCC(C)(C)c1cc(I)c(O)c(CN)c1.Cl. The lowest BCUT2D eigenvalue weighted by molar-refractivity contribution is 0.460. The fourth-order valence-corrected chi connectivity index (χ4v) is 2.09. The summed E-state index contributed by atoms with van der Waals surface area (Å²) in [4.78, 5) is 0. The second kappa shape index (κ2) is 6.07. The van der Waals surface area contributed by atoms with E-state index in [1.54, 1.807) is 0 Å². The molecule has 1 aromatic rings. The first-order valence-corrected chi connectivity index (χ1v) is 6.22. The Labute approximate surface area is 117 Å². The average molecular weight is 356 g/mol. The lowest BCUT2D eigenvalue weighted by atomic mass is 9.81. The summed E-state index contributed by atoms with van der Waals surface area (Å²) >= 11 is 2.15. The molecule has 1 aromatic carbocycles. The minimum Gasteiger partial charge on any atom is -0.507 e. The molecule has 0 amide bonds. The Morgan fingerprint density at radius 3 is 2.38 bits per heavy atom. The Bertz CT molecular complexity index is 366. The topological polar surface area (TPSA) is 46.2 Å². The van der Waals surface area contributed by atoms with E-state index >= 15 is 0 Å². The number of hydrogen-bond donors (Lipinski definition) is 2. The van der Waals surface area contributed by atoms with Gasteiger partial charge in [-0.1, -0.05) is 26.8 Å². The van der Waals surface area contributed by atoms with Gasteiger partial charge in [0.25, 0.3) is 0 Å². The van der Waals surface area contributed by atoms with Crippen LogP contribution in [0, 0.1) is 3.57 Å². The van der Waals surface area contributed by atoms with Crippen LogP contribution in [0.3, 0.4) is 0 Å². The van der Waals surface area contributed by atoms with Crippen LogP contribution in [0.5, 0.6) is 5.75 Å². The highest BCUT2D eigenvalue weighted by Gasteiger charge is 2.20. The first kappa shape index (κ1) is 16.0. The summed E-state index contributed by atoms with van der Waals surface area (Å²) in [7, 11) is 0. The van der Waals surface area contributed by atoms with E-state index in [1.165, 1.54) is 5.56 Å². The minimum absolute atomic E-state index is 0. The molecule has 0 aliphatic carbocycles. The van der Waals surface area contributed by atoms with E-state index in [1.807, 2.05) is 12.1 Å². The van der Waals surface area contributed by atoms with Gasteiger partial charge in [0.15, 0.2) is 0 Å². The molecule has 0 aromatic heterocycles. The lowest BCUT2D eigenvalue weighted by Gasteiger charge is -2.24. The van der Waals surface area contributed by atoms with Crippen LogP contribution in [-0.4, -0.2) is 5.11 Å². The van der Waals surface area contributed by atoms with Crippen LogP contribution in [0.1, 0.15) is 38.3 Å². The molecule has 0 saturated heterocycles. The van der Waals surface area contributed by atoms with Crippen molar-refractivity contribution in [2.45, 2.75) is 39.2 Å². The van der Waals surface area contributed by atoms with Gasteiger partial charge in [-0.15, -0.1) is 12.4 Å². The van der Waals surface area contributed by atoms with Gasteiger partial charge < -0.3 is 10.8 Å². The van der Waals surface area contributed by atoms with Crippen LogP contribution in [0.2, 0.25) is 0 Å². The van der Waals surface area contributed by atoms with Gasteiger partial charge in [-0.2, -0.15) is 0 Å². The Morgan fingerprint density at radius 2 is 1.94 bits per heavy atom. The summed E-state index contributed by atoms with van der Waals surface area (Å²) in [5.41, 5.74) is 7.82. The Morgan fingerprint density at radius 1 is 1.38 bits per heavy atom. The first-order chi connectivity index (χ1) is 6.92. The van der Waals surface area contributed by atoms with Gasteiger partial charge in [-0.3, -0.25) is 0 Å². The highest BCUT2D eigenvalue weighted by molar-refractivity contribution is 14.1. The summed E-state index contributed by atoms with van der Waals surface area (Å²) in [6, 6.07) is 4.06. The minimum atomic E-state index is 0. The van der Waals surface area contributed by atoms with Gasteiger partial charge in [-0.05, 0) is 46.1 Å². The van der Waals surface area contributed by atoms with Crippen LogP contribution in [0.15, 0.2) is 12.1 Å². The van der Waals surface area contributed by atoms with Crippen molar-refractivity contribution in [2.75, 3.05) is 0 Å². The van der Waals surface area contributed by atoms with E-state index in [9.17, 15) is 5.11 Å². The van der Waals surface area contributed by atoms with Crippen molar-refractivity contribution in [1.82, 2.24) is 0 Å². The molecule has 3 N–H and O–H groups in total. The van der Waals surface area contributed by atoms with Crippen LogP contribution in [0.4, 0.5) is 0 Å². The first-order valence-electron chi connectivity index (χ1n) is 5.14. The summed E-state index contributed by atoms with van der Waals surface area (Å²) in [5, 5.41) is 9.77. The highest BCUT2D eigenvalue weighted by Crippen LogP contribution is 2.33. The maximum Gasteiger partial charge on any atom is 0.133 e. The van der Waals surface area contributed by atoms with E-state index in [2.05, 4.69) is 43.4 Å². The second-order valence-electron chi connectivity index (χ2n) is 4.41. The zero-order valence-corrected chi connectivity index (χ0v) is 12.9. The molecule has 0 bridgehead atoms. The zero-order chi connectivity index (χ0) is 11.6.